The molecule has 0 atom stereocenters. The van der Waals surface area contributed by atoms with Crippen LogP contribution in [-0.2, 0) is 11.3 Å². The molecule has 0 unspecified atom stereocenters. The van der Waals surface area contributed by atoms with Crippen LogP contribution in [0.25, 0.3) is 11.1 Å². The van der Waals surface area contributed by atoms with Gasteiger partial charge in [0, 0.05) is 28.7 Å². The fourth-order valence-electron chi connectivity index (χ4n) is 3.40. The maximum atomic E-state index is 11.9. The number of anilines is 4. The van der Waals surface area contributed by atoms with Gasteiger partial charge in [-0.25, -0.2) is 14.6 Å². The van der Waals surface area contributed by atoms with Gasteiger partial charge < -0.3 is 19.8 Å². The molecule has 30 heavy (non-hydrogen) atoms. The average Bonchev–Trinajstić information content (AvgIpc) is 3.26. The summed E-state index contributed by atoms with van der Waals surface area (Å²) in [5.41, 5.74) is 5.80. The van der Waals surface area contributed by atoms with Crippen molar-refractivity contribution in [3.05, 3.63) is 69.3 Å². The molecule has 0 spiro atoms. The zero-order chi connectivity index (χ0) is 20.8. The minimum atomic E-state index is -0.500. The van der Waals surface area contributed by atoms with Crippen molar-refractivity contribution in [2.45, 2.75) is 20.5 Å². The standard InChI is InChI=1S/C21H17N5O4/c1-10-5-13(6-14-15(10)9-29-19(14)27)24-20-22-8-11(2)18(26-20)23-12-3-4-17-16(7-12)25-21(28)30-17/h3-8H,9H2,1-2H3,(H,25,28)(H2,22,23,24,26). The monoisotopic (exact) mass is 403 g/mol. The summed E-state index contributed by atoms with van der Waals surface area (Å²) in [6.45, 7) is 4.13. The number of cyclic esters (lactones) is 1. The summed E-state index contributed by atoms with van der Waals surface area (Å²) in [6, 6.07) is 8.95. The van der Waals surface area contributed by atoms with E-state index in [4.69, 9.17) is 9.15 Å². The predicted molar refractivity (Wildman–Crippen MR) is 110 cm³/mol. The third-order valence-corrected chi connectivity index (χ3v) is 4.95. The Morgan fingerprint density at radius 2 is 1.90 bits per heavy atom. The van der Waals surface area contributed by atoms with Crippen LogP contribution >= 0.6 is 0 Å². The molecule has 9 nitrogen and oxygen atoms in total. The molecule has 2 aromatic carbocycles. The number of ether oxygens (including phenoxy) is 1. The van der Waals surface area contributed by atoms with Gasteiger partial charge in [-0.15, -0.1) is 0 Å². The summed E-state index contributed by atoms with van der Waals surface area (Å²) in [5, 5.41) is 6.38. The van der Waals surface area contributed by atoms with Gasteiger partial charge in [0.1, 0.15) is 12.4 Å². The van der Waals surface area contributed by atoms with Crippen LogP contribution in [0.4, 0.5) is 23.1 Å². The summed E-state index contributed by atoms with van der Waals surface area (Å²) in [4.78, 5) is 34.7. The molecule has 0 aliphatic carbocycles. The number of aromatic amines is 1. The highest BCUT2D eigenvalue weighted by molar-refractivity contribution is 5.95. The number of esters is 1. The fraction of sp³-hybridized carbons (Fsp3) is 0.143. The predicted octanol–water partition coefficient (Wildman–Crippen LogP) is 3.69. The van der Waals surface area contributed by atoms with E-state index in [1.54, 1.807) is 30.5 Å². The minimum absolute atomic E-state index is 0.307. The minimum Gasteiger partial charge on any atom is -0.457 e. The highest BCUT2D eigenvalue weighted by Gasteiger charge is 2.23. The zero-order valence-corrected chi connectivity index (χ0v) is 16.2. The molecular formula is C21H17N5O4. The molecule has 1 aliphatic rings. The van der Waals surface area contributed by atoms with Crippen molar-refractivity contribution in [2.75, 3.05) is 10.6 Å². The molecule has 1 aliphatic heterocycles. The number of hydrogen-bond donors (Lipinski definition) is 3. The first-order chi connectivity index (χ1) is 14.5. The number of benzene rings is 2. The van der Waals surface area contributed by atoms with Crippen molar-refractivity contribution in [3.63, 3.8) is 0 Å². The van der Waals surface area contributed by atoms with Gasteiger partial charge in [-0.2, -0.15) is 4.98 Å². The summed E-state index contributed by atoms with van der Waals surface area (Å²) in [6.07, 6.45) is 1.70. The lowest BCUT2D eigenvalue weighted by molar-refractivity contribution is 0.0535. The number of carbonyl (C=O) groups is 1. The fourth-order valence-corrected chi connectivity index (χ4v) is 3.40. The summed E-state index contributed by atoms with van der Waals surface area (Å²) < 4.78 is 10.1. The topological polar surface area (TPSA) is 122 Å². The van der Waals surface area contributed by atoms with E-state index in [0.29, 0.717) is 40.7 Å². The number of nitrogens with one attached hydrogen (secondary N) is 3. The van der Waals surface area contributed by atoms with Crippen molar-refractivity contribution >= 4 is 40.2 Å². The van der Waals surface area contributed by atoms with Crippen LogP contribution in [0.2, 0.25) is 0 Å². The van der Waals surface area contributed by atoms with Crippen LogP contribution in [0, 0.1) is 13.8 Å². The summed E-state index contributed by atoms with van der Waals surface area (Å²) in [7, 11) is 0. The first-order valence-electron chi connectivity index (χ1n) is 9.27. The number of H-pyrrole nitrogens is 1. The van der Waals surface area contributed by atoms with Crippen LogP contribution in [0.5, 0.6) is 0 Å². The SMILES string of the molecule is Cc1cnc(Nc2cc(C)c3c(c2)C(=O)OC3)nc1Nc1ccc2oc(=O)[nH]c2c1. The van der Waals surface area contributed by atoms with Crippen molar-refractivity contribution in [1.29, 1.82) is 0 Å². The van der Waals surface area contributed by atoms with Crippen LogP contribution in [0.3, 0.4) is 0 Å². The molecule has 0 radical (unpaired) electrons. The molecular weight excluding hydrogens is 386 g/mol. The lowest BCUT2D eigenvalue weighted by Gasteiger charge is -2.12. The molecule has 3 heterocycles. The second-order valence-corrected chi connectivity index (χ2v) is 7.10. The van der Waals surface area contributed by atoms with Gasteiger partial charge in [-0.3, -0.25) is 4.98 Å². The van der Waals surface area contributed by atoms with E-state index in [1.165, 1.54) is 0 Å². The number of aryl methyl sites for hydroxylation is 2. The normalized spacial score (nSPS) is 12.7. The van der Waals surface area contributed by atoms with Gasteiger partial charge in [0.25, 0.3) is 0 Å². The Labute approximate surface area is 170 Å². The largest absolute Gasteiger partial charge is 0.457 e. The molecule has 0 saturated carbocycles. The first kappa shape index (κ1) is 17.9. The third kappa shape index (κ3) is 3.16. The highest BCUT2D eigenvalue weighted by atomic mass is 16.5. The van der Waals surface area contributed by atoms with Gasteiger partial charge in [0.05, 0.1) is 11.1 Å². The molecule has 5 rings (SSSR count). The summed E-state index contributed by atoms with van der Waals surface area (Å²) in [5.74, 6) is 0.165. The van der Waals surface area contributed by atoms with E-state index in [1.807, 2.05) is 19.9 Å². The Morgan fingerprint density at radius 1 is 1.03 bits per heavy atom. The Hall–Kier alpha value is -4.14. The maximum Gasteiger partial charge on any atom is 0.417 e. The first-order valence-corrected chi connectivity index (χ1v) is 9.27. The van der Waals surface area contributed by atoms with Gasteiger partial charge in [0.2, 0.25) is 5.95 Å². The molecule has 3 N–H and O–H groups in total. The van der Waals surface area contributed by atoms with Crippen LogP contribution in [0.1, 0.15) is 27.0 Å². The number of rotatable bonds is 4. The third-order valence-electron chi connectivity index (χ3n) is 4.95. The summed E-state index contributed by atoms with van der Waals surface area (Å²) >= 11 is 0. The van der Waals surface area contributed by atoms with Crippen molar-refractivity contribution in [2.24, 2.45) is 0 Å². The van der Waals surface area contributed by atoms with Gasteiger partial charge >= 0.3 is 11.7 Å². The smallest absolute Gasteiger partial charge is 0.417 e. The Morgan fingerprint density at radius 3 is 2.77 bits per heavy atom. The number of hydrogen-bond acceptors (Lipinski definition) is 8. The second kappa shape index (κ2) is 6.73. The lowest BCUT2D eigenvalue weighted by atomic mass is 10.0. The van der Waals surface area contributed by atoms with E-state index in [0.717, 1.165) is 22.4 Å². The van der Waals surface area contributed by atoms with Crippen molar-refractivity contribution in [3.8, 4) is 0 Å². The van der Waals surface area contributed by atoms with E-state index < -0.39 is 5.76 Å². The number of carbonyl (C=O) groups excluding carboxylic acids is 1. The van der Waals surface area contributed by atoms with Crippen LogP contribution in [0.15, 0.2) is 45.7 Å². The number of fused-ring (bicyclic) bond motifs is 2. The Kier molecular flexibility index (Phi) is 4.02. The van der Waals surface area contributed by atoms with Gasteiger partial charge in [-0.1, -0.05) is 0 Å². The average molecular weight is 403 g/mol. The highest BCUT2D eigenvalue weighted by Crippen LogP contribution is 2.29. The maximum absolute atomic E-state index is 11.9. The molecule has 9 heteroatoms. The Balaban J connectivity index is 1.43. The zero-order valence-electron chi connectivity index (χ0n) is 16.2. The van der Waals surface area contributed by atoms with Gasteiger partial charge in [-0.05, 0) is 49.7 Å². The van der Waals surface area contributed by atoms with E-state index >= 15 is 0 Å². The van der Waals surface area contributed by atoms with Crippen LogP contribution < -0.4 is 16.4 Å². The van der Waals surface area contributed by atoms with Crippen molar-refractivity contribution in [1.82, 2.24) is 15.0 Å². The van der Waals surface area contributed by atoms with Gasteiger partial charge in [0.15, 0.2) is 5.58 Å². The second-order valence-electron chi connectivity index (χ2n) is 7.10. The molecule has 0 saturated heterocycles. The molecule has 0 fully saturated rings. The number of nitrogens with zero attached hydrogens (tertiary/aromatic N) is 2. The van der Waals surface area contributed by atoms with E-state index in [9.17, 15) is 9.59 Å². The lowest BCUT2D eigenvalue weighted by Crippen LogP contribution is -2.04. The number of oxazole rings is 1. The Bertz CT molecular complexity index is 1370. The van der Waals surface area contributed by atoms with E-state index in [-0.39, 0.29) is 5.97 Å². The quantitative estimate of drug-likeness (QED) is 0.441. The van der Waals surface area contributed by atoms with Crippen molar-refractivity contribution < 1.29 is 13.9 Å². The van der Waals surface area contributed by atoms with E-state index in [2.05, 4.69) is 25.6 Å². The molecule has 0 bridgehead atoms. The van der Waals surface area contributed by atoms with Crippen LogP contribution in [-0.4, -0.2) is 20.9 Å². The molecule has 4 aromatic rings. The molecule has 2 aromatic heterocycles. The number of aromatic nitrogens is 3. The molecule has 0 amide bonds. The molecule has 150 valence electrons.